The molecule has 1 aliphatic rings. The maximum absolute atomic E-state index is 14.4. The monoisotopic (exact) mass is 475 g/mol. The highest BCUT2D eigenvalue weighted by atomic mass is 35.5. The Kier molecular flexibility index (Phi) is 6.85. The summed E-state index contributed by atoms with van der Waals surface area (Å²) < 4.78 is 26.3. The van der Waals surface area contributed by atoms with Crippen LogP contribution in [0.25, 0.3) is 10.9 Å². The van der Waals surface area contributed by atoms with Crippen molar-refractivity contribution in [2.24, 2.45) is 0 Å². The number of benzene rings is 2. The van der Waals surface area contributed by atoms with Gasteiger partial charge in [0.25, 0.3) is 0 Å². The molecule has 3 atom stereocenters. The van der Waals surface area contributed by atoms with Crippen molar-refractivity contribution in [2.45, 2.75) is 24.8 Å². The van der Waals surface area contributed by atoms with Crippen LogP contribution in [0.4, 0.5) is 15.9 Å². The van der Waals surface area contributed by atoms with Crippen LogP contribution in [-0.4, -0.2) is 78.0 Å². The fraction of sp³-hybridized carbons (Fsp3) is 0.391. The van der Waals surface area contributed by atoms with Gasteiger partial charge in [0.1, 0.15) is 24.5 Å². The lowest BCUT2D eigenvalue weighted by Gasteiger charge is -2.29. The molecule has 1 unspecified atom stereocenters. The van der Waals surface area contributed by atoms with Crippen LogP contribution >= 0.6 is 11.6 Å². The van der Waals surface area contributed by atoms with E-state index >= 15 is 0 Å². The van der Waals surface area contributed by atoms with E-state index in [1.165, 1.54) is 12.4 Å². The summed E-state index contributed by atoms with van der Waals surface area (Å²) in [5.74, 6) is 0.904. The number of nitrogens with one attached hydrogen (secondary N) is 1. The second-order valence-electron chi connectivity index (χ2n) is 8.33. The van der Waals surface area contributed by atoms with Crippen LogP contribution in [0.15, 0.2) is 36.7 Å². The predicted octanol–water partition coefficient (Wildman–Crippen LogP) is 3.51. The number of fused-ring (bicyclic) bond motifs is 1. The molecular weight excluding hydrogens is 449 g/mol. The summed E-state index contributed by atoms with van der Waals surface area (Å²) in [6.45, 7) is 0.654. The summed E-state index contributed by atoms with van der Waals surface area (Å²) >= 11 is 5.91. The van der Waals surface area contributed by atoms with Gasteiger partial charge in [0.05, 0.1) is 29.4 Å². The van der Waals surface area contributed by atoms with E-state index < -0.39 is 12.0 Å². The molecule has 2 heterocycles. The smallest absolute Gasteiger partial charge is 0.165 e. The third-order valence-corrected chi connectivity index (χ3v) is 6.15. The van der Waals surface area contributed by atoms with E-state index in [4.69, 9.17) is 21.1 Å². The molecule has 1 fully saturated rings. The van der Waals surface area contributed by atoms with Gasteiger partial charge >= 0.3 is 0 Å². The van der Waals surface area contributed by atoms with Crippen molar-refractivity contribution in [3.05, 3.63) is 47.5 Å². The van der Waals surface area contributed by atoms with Crippen LogP contribution < -0.4 is 14.8 Å². The minimum Gasteiger partial charge on any atom is -0.493 e. The molecule has 176 valence electrons. The van der Waals surface area contributed by atoms with Gasteiger partial charge in [-0.05, 0) is 39.3 Å². The summed E-state index contributed by atoms with van der Waals surface area (Å²) in [5.41, 5.74) is 0.822. The highest BCUT2D eigenvalue weighted by Gasteiger charge is 2.36. The zero-order valence-corrected chi connectivity index (χ0v) is 19.7. The molecule has 10 heteroatoms. The third-order valence-electron chi connectivity index (χ3n) is 5.85. The number of likely N-dealkylation sites (N-methyl/N-ethyl adjacent to an activating group) is 2. The van der Waals surface area contributed by atoms with Crippen LogP contribution in [0.1, 0.15) is 6.42 Å². The lowest BCUT2D eigenvalue weighted by atomic mass is 10.1. The van der Waals surface area contributed by atoms with E-state index in [2.05, 4.69) is 20.2 Å². The number of hydrogen-bond donors (Lipinski definition) is 2. The quantitative estimate of drug-likeness (QED) is 0.502. The highest BCUT2D eigenvalue weighted by Crippen LogP contribution is 2.37. The molecule has 4 rings (SSSR count). The molecule has 2 aromatic carbocycles. The standard InChI is InChI=1S/C23H27ClFN5O3/c1-29(2)23(31)18-8-13(11-30(18)3)33-20-9-14-17(10-19(20)32-4)26-12-27-22(14)28-16-7-5-6-15(24)21(16)25/h5-7,9-10,12-13,18,23,31H,8,11H2,1-4H3,(H,26,27,28)/t13-,18+,23?/m1/s1. The minimum atomic E-state index is -0.598. The summed E-state index contributed by atoms with van der Waals surface area (Å²) in [4.78, 5) is 12.5. The van der Waals surface area contributed by atoms with Crippen LogP contribution in [0.5, 0.6) is 11.5 Å². The number of aromatic nitrogens is 2. The average Bonchev–Trinajstić information content (AvgIpc) is 3.16. The number of hydrogen-bond acceptors (Lipinski definition) is 8. The van der Waals surface area contributed by atoms with Crippen molar-refractivity contribution < 1.29 is 19.0 Å². The Bertz CT molecular complexity index is 1150. The SMILES string of the molecule is COc1cc2ncnc(Nc3cccc(Cl)c3F)c2cc1O[C@@H]1C[C@@H](C(O)N(C)C)N(C)C1. The Morgan fingerprint density at radius 3 is 2.79 bits per heavy atom. The number of likely N-dealkylation sites (tertiary alicyclic amines) is 1. The topological polar surface area (TPSA) is 83.0 Å². The fourth-order valence-electron chi connectivity index (χ4n) is 4.08. The summed E-state index contributed by atoms with van der Waals surface area (Å²) in [6.07, 6.45) is 1.30. The largest absolute Gasteiger partial charge is 0.493 e. The first kappa shape index (κ1) is 23.4. The molecule has 8 nitrogen and oxygen atoms in total. The van der Waals surface area contributed by atoms with Gasteiger partial charge in [-0.3, -0.25) is 9.80 Å². The number of ether oxygens (including phenoxy) is 2. The maximum atomic E-state index is 14.4. The van der Waals surface area contributed by atoms with Crippen molar-refractivity contribution in [1.82, 2.24) is 19.8 Å². The highest BCUT2D eigenvalue weighted by molar-refractivity contribution is 6.31. The second-order valence-corrected chi connectivity index (χ2v) is 8.74. The average molecular weight is 476 g/mol. The number of aliphatic hydroxyl groups excluding tert-OH is 1. The van der Waals surface area contributed by atoms with E-state index in [1.54, 1.807) is 36.3 Å². The van der Waals surface area contributed by atoms with Crippen molar-refractivity contribution in [1.29, 1.82) is 0 Å². The molecule has 0 saturated carbocycles. The Labute approximate surface area is 196 Å². The first-order valence-electron chi connectivity index (χ1n) is 10.5. The molecule has 33 heavy (non-hydrogen) atoms. The molecule has 1 aromatic heterocycles. The molecule has 2 N–H and O–H groups in total. The van der Waals surface area contributed by atoms with Gasteiger partial charge in [-0.2, -0.15) is 0 Å². The van der Waals surface area contributed by atoms with Crippen molar-refractivity contribution >= 4 is 34.0 Å². The van der Waals surface area contributed by atoms with E-state index in [0.29, 0.717) is 41.2 Å². The molecule has 1 saturated heterocycles. The number of aliphatic hydroxyl groups is 1. The van der Waals surface area contributed by atoms with Crippen LogP contribution in [-0.2, 0) is 0 Å². The van der Waals surface area contributed by atoms with E-state index in [0.717, 1.165) is 0 Å². The van der Waals surface area contributed by atoms with Gasteiger partial charge in [-0.25, -0.2) is 14.4 Å². The minimum absolute atomic E-state index is 0.0175. The van der Waals surface area contributed by atoms with Crippen molar-refractivity contribution in [2.75, 3.05) is 40.1 Å². The van der Waals surface area contributed by atoms with Gasteiger partial charge in [0.15, 0.2) is 17.3 Å². The van der Waals surface area contributed by atoms with E-state index in [1.807, 2.05) is 21.1 Å². The van der Waals surface area contributed by atoms with Gasteiger partial charge < -0.3 is 19.9 Å². The fourth-order valence-corrected chi connectivity index (χ4v) is 4.26. The summed E-state index contributed by atoms with van der Waals surface area (Å²) in [7, 11) is 7.22. The number of rotatable bonds is 7. The first-order chi connectivity index (χ1) is 15.8. The Balaban J connectivity index is 1.65. The lowest BCUT2D eigenvalue weighted by molar-refractivity contribution is -0.0177. The number of methoxy groups -OCH3 is 1. The number of nitrogens with zero attached hydrogens (tertiary/aromatic N) is 4. The van der Waals surface area contributed by atoms with Gasteiger partial charge in [-0.1, -0.05) is 17.7 Å². The molecule has 3 aromatic rings. The Morgan fingerprint density at radius 1 is 1.27 bits per heavy atom. The number of anilines is 2. The van der Waals surface area contributed by atoms with E-state index in [9.17, 15) is 9.50 Å². The van der Waals surface area contributed by atoms with Crippen LogP contribution in [0.2, 0.25) is 5.02 Å². The van der Waals surface area contributed by atoms with Gasteiger partial charge in [-0.15, -0.1) is 0 Å². The third kappa shape index (κ3) is 4.81. The molecule has 0 aliphatic carbocycles. The summed E-state index contributed by atoms with van der Waals surface area (Å²) in [5, 5.41) is 14.1. The predicted molar refractivity (Wildman–Crippen MR) is 126 cm³/mol. The second kappa shape index (κ2) is 9.64. The van der Waals surface area contributed by atoms with Crippen molar-refractivity contribution in [3.63, 3.8) is 0 Å². The normalized spacial score (nSPS) is 19.8. The molecule has 1 aliphatic heterocycles. The van der Waals surface area contributed by atoms with Gasteiger partial charge in [0, 0.05) is 24.4 Å². The van der Waals surface area contributed by atoms with Crippen LogP contribution in [0, 0.1) is 5.82 Å². The summed E-state index contributed by atoms with van der Waals surface area (Å²) in [6, 6.07) is 8.22. The molecule has 0 amide bonds. The molecule has 0 spiro atoms. The lowest BCUT2D eigenvalue weighted by Crippen LogP contribution is -2.44. The van der Waals surface area contributed by atoms with Crippen LogP contribution in [0.3, 0.4) is 0 Å². The first-order valence-corrected chi connectivity index (χ1v) is 10.9. The maximum Gasteiger partial charge on any atom is 0.165 e. The van der Waals surface area contributed by atoms with Gasteiger partial charge in [0.2, 0.25) is 0 Å². The Morgan fingerprint density at radius 2 is 2.06 bits per heavy atom. The number of halogens is 2. The molecular formula is C23H27ClFN5O3. The van der Waals surface area contributed by atoms with E-state index in [-0.39, 0.29) is 22.9 Å². The molecule has 0 radical (unpaired) electrons. The van der Waals surface area contributed by atoms with Crippen molar-refractivity contribution in [3.8, 4) is 11.5 Å². The zero-order valence-electron chi connectivity index (χ0n) is 18.9. The zero-order chi connectivity index (χ0) is 23.7. The Hall–Kier alpha value is -2.72. The molecule has 0 bridgehead atoms.